The van der Waals surface area contributed by atoms with Crippen molar-refractivity contribution in [2.75, 3.05) is 11.9 Å². The number of benzene rings is 2. The smallest absolute Gasteiger partial charge is 0.252 e. The molecular formula is C23H24FN3O. The quantitative estimate of drug-likeness (QED) is 0.621. The summed E-state index contributed by atoms with van der Waals surface area (Å²) in [6.45, 7) is 4.51. The lowest BCUT2D eigenvalue weighted by molar-refractivity contribution is 0.0953. The van der Waals surface area contributed by atoms with Crippen molar-refractivity contribution in [3.8, 4) is 0 Å². The molecule has 0 aliphatic rings. The number of pyridine rings is 1. The van der Waals surface area contributed by atoms with Crippen LogP contribution in [-0.2, 0) is 12.8 Å². The molecule has 0 saturated carbocycles. The van der Waals surface area contributed by atoms with Gasteiger partial charge in [-0.25, -0.2) is 4.39 Å². The molecule has 2 N–H and O–H groups in total. The van der Waals surface area contributed by atoms with Crippen molar-refractivity contribution in [2.24, 2.45) is 0 Å². The highest BCUT2D eigenvalue weighted by Gasteiger charge is 2.10. The third-order valence-corrected chi connectivity index (χ3v) is 4.65. The van der Waals surface area contributed by atoms with Crippen molar-refractivity contribution < 1.29 is 9.18 Å². The molecule has 0 unspecified atom stereocenters. The summed E-state index contributed by atoms with van der Waals surface area (Å²) in [5.74, 6) is -0.484. The fourth-order valence-electron chi connectivity index (χ4n) is 3.09. The molecule has 0 saturated heterocycles. The SMILES string of the molecule is CCc1cccc(C)c1Nc1cncc(C(=O)NCCc2ccccc2F)c1. The Bertz CT molecular complexity index is 972. The topological polar surface area (TPSA) is 54.0 Å². The highest BCUT2D eigenvalue weighted by molar-refractivity contribution is 5.94. The Labute approximate surface area is 164 Å². The molecule has 5 heteroatoms. The first-order valence-corrected chi connectivity index (χ1v) is 9.40. The fraction of sp³-hybridized carbons (Fsp3) is 0.217. The molecule has 28 heavy (non-hydrogen) atoms. The van der Waals surface area contributed by atoms with Crippen LogP contribution in [0.4, 0.5) is 15.8 Å². The van der Waals surface area contributed by atoms with Crippen LogP contribution in [0.2, 0.25) is 0 Å². The lowest BCUT2D eigenvalue weighted by Gasteiger charge is -2.14. The van der Waals surface area contributed by atoms with E-state index in [1.54, 1.807) is 30.5 Å². The van der Waals surface area contributed by atoms with E-state index in [1.165, 1.54) is 17.8 Å². The minimum Gasteiger partial charge on any atom is -0.354 e. The standard InChI is InChI=1S/C23H24FN3O/c1-3-17-9-6-7-16(2)22(17)27-20-13-19(14-25-15-20)23(28)26-12-11-18-8-4-5-10-21(18)24/h4-10,13-15,27H,3,11-12H2,1-2H3,(H,26,28). The maximum Gasteiger partial charge on any atom is 0.252 e. The van der Waals surface area contributed by atoms with Crippen LogP contribution >= 0.6 is 0 Å². The van der Waals surface area contributed by atoms with Crippen LogP contribution in [0.15, 0.2) is 60.9 Å². The van der Waals surface area contributed by atoms with Crippen molar-refractivity contribution in [1.29, 1.82) is 0 Å². The van der Waals surface area contributed by atoms with Crippen molar-refractivity contribution >= 4 is 17.3 Å². The summed E-state index contributed by atoms with van der Waals surface area (Å²) in [6.07, 6.45) is 4.57. The molecule has 0 fully saturated rings. The van der Waals surface area contributed by atoms with Gasteiger partial charge in [0.2, 0.25) is 0 Å². The van der Waals surface area contributed by atoms with Crippen LogP contribution in [0.3, 0.4) is 0 Å². The predicted molar refractivity (Wildman–Crippen MR) is 111 cm³/mol. The van der Waals surface area contributed by atoms with Gasteiger partial charge >= 0.3 is 0 Å². The largest absolute Gasteiger partial charge is 0.354 e. The Morgan fingerprint density at radius 2 is 1.86 bits per heavy atom. The molecule has 1 amide bonds. The highest BCUT2D eigenvalue weighted by atomic mass is 19.1. The van der Waals surface area contributed by atoms with Gasteiger partial charge in [-0.3, -0.25) is 9.78 Å². The van der Waals surface area contributed by atoms with E-state index in [0.29, 0.717) is 24.1 Å². The summed E-state index contributed by atoms with van der Waals surface area (Å²) in [5.41, 5.74) is 5.20. The number of rotatable bonds is 7. The lowest BCUT2D eigenvalue weighted by Crippen LogP contribution is -2.26. The molecule has 4 nitrogen and oxygen atoms in total. The fourth-order valence-corrected chi connectivity index (χ4v) is 3.09. The summed E-state index contributed by atoms with van der Waals surface area (Å²) in [7, 11) is 0. The van der Waals surface area contributed by atoms with E-state index in [2.05, 4.69) is 28.6 Å². The minimum atomic E-state index is -0.255. The second kappa shape index (κ2) is 9.13. The number of hydrogen-bond acceptors (Lipinski definition) is 3. The maximum atomic E-state index is 13.7. The van der Waals surface area contributed by atoms with Gasteiger partial charge in [0.25, 0.3) is 5.91 Å². The van der Waals surface area contributed by atoms with Gasteiger partial charge in [-0.05, 0) is 48.6 Å². The third kappa shape index (κ3) is 4.74. The third-order valence-electron chi connectivity index (χ3n) is 4.65. The van der Waals surface area contributed by atoms with Gasteiger partial charge in [-0.2, -0.15) is 0 Å². The van der Waals surface area contributed by atoms with E-state index < -0.39 is 0 Å². The molecule has 2 aromatic carbocycles. The monoisotopic (exact) mass is 377 g/mol. The van der Waals surface area contributed by atoms with Crippen LogP contribution in [0.1, 0.15) is 34.0 Å². The van der Waals surface area contributed by atoms with Crippen molar-refractivity contribution in [2.45, 2.75) is 26.7 Å². The molecule has 3 aromatic rings. The normalized spacial score (nSPS) is 10.5. The molecule has 0 atom stereocenters. The molecule has 144 valence electrons. The summed E-state index contributed by atoms with van der Waals surface area (Å²) in [4.78, 5) is 16.6. The van der Waals surface area contributed by atoms with Crippen molar-refractivity contribution in [3.05, 3.63) is 89.0 Å². The molecule has 1 heterocycles. The number of para-hydroxylation sites is 1. The first kappa shape index (κ1) is 19.5. The molecule has 0 aliphatic heterocycles. The zero-order chi connectivity index (χ0) is 19.9. The summed E-state index contributed by atoms with van der Waals surface area (Å²) in [6, 6.07) is 14.5. The van der Waals surface area contributed by atoms with Gasteiger partial charge in [0.1, 0.15) is 5.82 Å². The van der Waals surface area contributed by atoms with Gasteiger partial charge in [0.05, 0.1) is 17.4 Å². The lowest BCUT2D eigenvalue weighted by atomic mass is 10.1. The van der Waals surface area contributed by atoms with Gasteiger partial charge in [0.15, 0.2) is 0 Å². The molecule has 0 radical (unpaired) electrons. The van der Waals surface area contributed by atoms with E-state index in [1.807, 2.05) is 19.1 Å². The molecule has 3 rings (SSSR count). The van der Waals surface area contributed by atoms with Crippen molar-refractivity contribution in [1.82, 2.24) is 10.3 Å². The van der Waals surface area contributed by atoms with Crippen molar-refractivity contribution in [3.63, 3.8) is 0 Å². The number of aromatic nitrogens is 1. The Morgan fingerprint density at radius 3 is 2.64 bits per heavy atom. The summed E-state index contributed by atoms with van der Waals surface area (Å²) < 4.78 is 13.7. The molecular weight excluding hydrogens is 353 g/mol. The number of amides is 1. The van der Waals surface area contributed by atoms with E-state index in [-0.39, 0.29) is 11.7 Å². The second-order valence-electron chi connectivity index (χ2n) is 6.65. The van der Waals surface area contributed by atoms with Crippen LogP contribution in [0.25, 0.3) is 0 Å². The maximum absolute atomic E-state index is 13.7. The van der Waals surface area contributed by atoms with Crippen LogP contribution in [-0.4, -0.2) is 17.4 Å². The minimum absolute atomic E-state index is 0.229. The average molecular weight is 377 g/mol. The number of nitrogens with zero attached hydrogens (tertiary/aromatic N) is 1. The first-order chi connectivity index (χ1) is 13.6. The zero-order valence-electron chi connectivity index (χ0n) is 16.1. The van der Waals surface area contributed by atoms with E-state index in [0.717, 1.165) is 23.4 Å². The van der Waals surface area contributed by atoms with Gasteiger partial charge < -0.3 is 10.6 Å². The van der Waals surface area contributed by atoms with E-state index >= 15 is 0 Å². The van der Waals surface area contributed by atoms with Crippen LogP contribution in [0, 0.1) is 12.7 Å². The number of aryl methyl sites for hydroxylation is 2. The number of carbonyl (C=O) groups is 1. The Morgan fingerprint density at radius 1 is 1.07 bits per heavy atom. The second-order valence-corrected chi connectivity index (χ2v) is 6.65. The molecule has 1 aromatic heterocycles. The Balaban J connectivity index is 1.66. The Hall–Kier alpha value is -3.21. The van der Waals surface area contributed by atoms with Crippen LogP contribution < -0.4 is 10.6 Å². The average Bonchev–Trinajstić information content (AvgIpc) is 2.71. The first-order valence-electron chi connectivity index (χ1n) is 9.40. The van der Waals surface area contributed by atoms with Crippen LogP contribution in [0.5, 0.6) is 0 Å². The highest BCUT2D eigenvalue weighted by Crippen LogP contribution is 2.25. The molecule has 0 bridgehead atoms. The van der Waals surface area contributed by atoms with E-state index in [9.17, 15) is 9.18 Å². The number of halogens is 1. The Kier molecular flexibility index (Phi) is 6.37. The van der Waals surface area contributed by atoms with Gasteiger partial charge in [-0.1, -0.05) is 43.3 Å². The number of carbonyl (C=O) groups excluding carboxylic acids is 1. The predicted octanol–water partition coefficient (Wildman–Crippen LogP) is 4.81. The number of anilines is 2. The molecule has 0 aliphatic carbocycles. The molecule has 0 spiro atoms. The number of nitrogens with one attached hydrogen (secondary N) is 2. The van der Waals surface area contributed by atoms with E-state index in [4.69, 9.17) is 0 Å². The summed E-state index contributed by atoms with van der Waals surface area (Å²) in [5, 5.41) is 6.21. The van der Waals surface area contributed by atoms with Gasteiger partial charge in [0, 0.05) is 18.4 Å². The zero-order valence-corrected chi connectivity index (χ0v) is 16.1. The van der Waals surface area contributed by atoms with Gasteiger partial charge in [-0.15, -0.1) is 0 Å². The summed E-state index contributed by atoms with van der Waals surface area (Å²) >= 11 is 0. The number of hydrogen-bond donors (Lipinski definition) is 2.